The third-order valence-electron chi connectivity index (χ3n) is 3.05. The zero-order valence-electron chi connectivity index (χ0n) is 8.89. The molecule has 1 fully saturated rings. The fourth-order valence-electron chi connectivity index (χ4n) is 2.18. The lowest BCUT2D eigenvalue weighted by Crippen LogP contribution is -2.38. The molecule has 0 bridgehead atoms. The van der Waals surface area contributed by atoms with Gasteiger partial charge in [-0.2, -0.15) is 0 Å². The zero-order chi connectivity index (χ0) is 10.7. The molecule has 2 rings (SSSR count). The third kappa shape index (κ3) is 2.42. The average molecular weight is 206 g/mol. The van der Waals surface area contributed by atoms with Crippen LogP contribution in [-0.2, 0) is 0 Å². The highest BCUT2D eigenvalue weighted by atomic mass is 16.3. The van der Waals surface area contributed by atoms with E-state index >= 15 is 0 Å². The van der Waals surface area contributed by atoms with Crippen LogP contribution in [0.15, 0.2) is 24.3 Å². The Kier molecular flexibility index (Phi) is 3.11. The summed E-state index contributed by atoms with van der Waals surface area (Å²) in [6.45, 7) is 2.84. The van der Waals surface area contributed by atoms with E-state index in [1.165, 1.54) is 12.8 Å². The summed E-state index contributed by atoms with van der Waals surface area (Å²) < 4.78 is 0. The summed E-state index contributed by atoms with van der Waals surface area (Å²) in [7, 11) is 0. The van der Waals surface area contributed by atoms with Crippen LogP contribution >= 0.6 is 0 Å². The average Bonchev–Trinajstić information content (AvgIpc) is 2.29. The highest BCUT2D eigenvalue weighted by molar-refractivity contribution is 5.50. The molecule has 1 aromatic carbocycles. The Bertz CT molecular complexity index is 327. The van der Waals surface area contributed by atoms with E-state index in [0.29, 0.717) is 11.7 Å². The largest absolute Gasteiger partial charge is 0.508 e. The summed E-state index contributed by atoms with van der Waals surface area (Å²) in [5, 5.41) is 9.42. The summed E-state index contributed by atoms with van der Waals surface area (Å²) >= 11 is 0. The van der Waals surface area contributed by atoms with Crippen molar-refractivity contribution in [2.24, 2.45) is 11.7 Å². The summed E-state index contributed by atoms with van der Waals surface area (Å²) in [5.74, 6) is 0.934. The van der Waals surface area contributed by atoms with E-state index < -0.39 is 0 Å². The molecule has 0 saturated carbocycles. The van der Waals surface area contributed by atoms with Gasteiger partial charge in [0.15, 0.2) is 0 Å². The van der Waals surface area contributed by atoms with Gasteiger partial charge >= 0.3 is 0 Å². The number of rotatable bonds is 2. The van der Waals surface area contributed by atoms with Crippen LogP contribution in [-0.4, -0.2) is 24.7 Å². The van der Waals surface area contributed by atoms with Crippen molar-refractivity contribution in [3.05, 3.63) is 24.3 Å². The van der Waals surface area contributed by atoms with Gasteiger partial charge in [0.1, 0.15) is 5.75 Å². The monoisotopic (exact) mass is 206 g/mol. The van der Waals surface area contributed by atoms with Gasteiger partial charge in [0.25, 0.3) is 0 Å². The molecule has 0 amide bonds. The number of hydrogen-bond donors (Lipinski definition) is 2. The standard InChI is InChI=1S/C12H18N2O/c13-8-10-3-2-6-14(9-10)11-4-1-5-12(15)7-11/h1,4-5,7,10,15H,2-3,6,8-9,13H2. The minimum Gasteiger partial charge on any atom is -0.508 e. The molecule has 1 heterocycles. The number of phenolic OH excluding ortho intramolecular Hbond substituents is 1. The number of aromatic hydroxyl groups is 1. The van der Waals surface area contributed by atoms with Crippen LogP contribution in [0.25, 0.3) is 0 Å². The Morgan fingerprint density at radius 2 is 2.33 bits per heavy atom. The zero-order valence-corrected chi connectivity index (χ0v) is 8.89. The Morgan fingerprint density at radius 3 is 3.07 bits per heavy atom. The fraction of sp³-hybridized carbons (Fsp3) is 0.500. The molecule has 1 aromatic rings. The maximum absolute atomic E-state index is 9.42. The van der Waals surface area contributed by atoms with Gasteiger partial charge < -0.3 is 15.7 Å². The summed E-state index contributed by atoms with van der Waals surface area (Å²) in [5.41, 5.74) is 6.80. The first-order chi connectivity index (χ1) is 7.29. The Balaban J connectivity index is 2.09. The molecule has 3 heteroatoms. The van der Waals surface area contributed by atoms with E-state index in [9.17, 15) is 5.11 Å². The maximum Gasteiger partial charge on any atom is 0.117 e. The van der Waals surface area contributed by atoms with Crippen molar-refractivity contribution in [3.8, 4) is 5.75 Å². The van der Waals surface area contributed by atoms with Crippen LogP contribution in [0.2, 0.25) is 0 Å². The van der Waals surface area contributed by atoms with E-state index in [1.807, 2.05) is 18.2 Å². The van der Waals surface area contributed by atoms with Gasteiger partial charge in [-0.3, -0.25) is 0 Å². The topological polar surface area (TPSA) is 49.5 Å². The van der Waals surface area contributed by atoms with Gasteiger partial charge in [-0.15, -0.1) is 0 Å². The highest BCUT2D eigenvalue weighted by Crippen LogP contribution is 2.25. The fourth-order valence-corrected chi connectivity index (χ4v) is 2.18. The number of anilines is 1. The molecule has 1 unspecified atom stereocenters. The van der Waals surface area contributed by atoms with Crippen LogP contribution in [0.5, 0.6) is 5.75 Å². The van der Waals surface area contributed by atoms with Crippen molar-refractivity contribution < 1.29 is 5.11 Å². The smallest absolute Gasteiger partial charge is 0.117 e. The van der Waals surface area contributed by atoms with Crippen molar-refractivity contribution in [2.75, 3.05) is 24.5 Å². The molecular formula is C12H18N2O. The van der Waals surface area contributed by atoms with Crippen LogP contribution in [0, 0.1) is 5.92 Å². The van der Waals surface area contributed by atoms with E-state index in [2.05, 4.69) is 4.90 Å². The first kappa shape index (κ1) is 10.3. The van der Waals surface area contributed by atoms with Crippen molar-refractivity contribution in [2.45, 2.75) is 12.8 Å². The molecule has 82 valence electrons. The number of hydrogen-bond acceptors (Lipinski definition) is 3. The number of phenols is 1. The van der Waals surface area contributed by atoms with E-state index in [4.69, 9.17) is 5.73 Å². The van der Waals surface area contributed by atoms with Crippen LogP contribution in [0.1, 0.15) is 12.8 Å². The van der Waals surface area contributed by atoms with Crippen LogP contribution < -0.4 is 10.6 Å². The van der Waals surface area contributed by atoms with Crippen molar-refractivity contribution >= 4 is 5.69 Å². The maximum atomic E-state index is 9.42. The predicted molar refractivity (Wildman–Crippen MR) is 62.1 cm³/mol. The van der Waals surface area contributed by atoms with Gasteiger partial charge in [-0.05, 0) is 37.4 Å². The van der Waals surface area contributed by atoms with Crippen molar-refractivity contribution in [3.63, 3.8) is 0 Å². The molecule has 3 N–H and O–H groups in total. The second-order valence-electron chi connectivity index (χ2n) is 4.21. The first-order valence-corrected chi connectivity index (χ1v) is 5.53. The summed E-state index contributed by atoms with van der Waals surface area (Å²) in [6, 6.07) is 7.45. The normalized spacial score (nSPS) is 21.7. The number of piperidine rings is 1. The molecule has 0 aliphatic carbocycles. The van der Waals surface area contributed by atoms with Gasteiger partial charge in [-0.1, -0.05) is 6.07 Å². The SMILES string of the molecule is NCC1CCCN(c2cccc(O)c2)C1. The van der Waals surface area contributed by atoms with Gasteiger partial charge in [0.2, 0.25) is 0 Å². The lowest BCUT2D eigenvalue weighted by Gasteiger charge is -2.33. The summed E-state index contributed by atoms with van der Waals surface area (Å²) in [6.07, 6.45) is 2.42. The Morgan fingerprint density at radius 1 is 1.47 bits per heavy atom. The lowest BCUT2D eigenvalue weighted by molar-refractivity contribution is 0.422. The molecule has 1 aliphatic heterocycles. The minimum absolute atomic E-state index is 0.336. The molecular weight excluding hydrogens is 188 g/mol. The molecule has 1 atom stereocenters. The van der Waals surface area contributed by atoms with Crippen molar-refractivity contribution in [1.29, 1.82) is 0 Å². The Hall–Kier alpha value is -1.22. The molecule has 0 spiro atoms. The van der Waals surface area contributed by atoms with Crippen LogP contribution in [0.3, 0.4) is 0 Å². The van der Waals surface area contributed by atoms with Gasteiger partial charge in [0, 0.05) is 24.8 Å². The second-order valence-corrected chi connectivity index (χ2v) is 4.21. The molecule has 1 aliphatic rings. The first-order valence-electron chi connectivity index (χ1n) is 5.53. The van der Waals surface area contributed by atoms with Crippen LogP contribution in [0.4, 0.5) is 5.69 Å². The molecule has 15 heavy (non-hydrogen) atoms. The second kappa shape index (κ2) is 4.53. The molecule has 3 nitrogen and oxygen atoms in total. The van der Waals surface area contributed by atoms with Gasteiger partial charge in [-0.25, -0.2) is 0 Å². The van der Waals surface area contributed by atoms with E-state index in [-0.39, 0.29) is 0 Å². The van der Waals surface area contributed by atoms with Crippen molar-refractivity contribution in [1.82, 2.24) is 0 Å². The third-order valence-corrected chi connectivity index (χ3v) is 3.05. The summed E-state index contributed by atoms with van der Waals surface area (Å²) in [4.78, 5) is 2.31. The quantitative estimate of drug-likeness (QED) is 0.772. The lowest BCUT2D eigenvalue weighted by atomic mass is 9.98. The molecule has 1 saturated heterocycles. The Labute approximate surface area is 90.5 Å². The highest BCUT2D eigenvalue weighted by Gasteiger charge is 2.18. The predicted octanol–water partition coefficient (Wildman–Crippen LogP) is 1.57. The number of benzene rings is 1. The number of nitrogens with two attached hydrogens (primary N) is 1. The number of nitrogens with zero attached hydrogens (tertiary/aromatic N) is 1. The van der Waals surface area contributed by atoms with Gasteiger partial charge in [0.05, 0.1) is 0 Å². The molecule has 0 aromatic heterocycles. The minimum atomic E-state index is 0.336. The van der Waals surface area contributed by atoms with E-state index in [1.54, 1.807) is 6.07 Å². The molecule has 0 radical (unpaired) electrons. The van der Waals surface area contributed by atoms with E-state index in [0.717, 1.165) is 25.3 Å².